The van der Waals surface area contributed by atoms with Crippen LogP contribution in [0.25, 0.3) is 75.8 Å². The van der Waals surface area contributed by atoms with Gasteiger partial charge in [0.2, 0.25) is 5.69 Å². The van der Waals surface area contributed by atoms with Crippen LogP contribution >= 0.6 is 0 Å². The van der Waals surface area contributed by atoms with Crippen LogP contribution in [0, 0.1) is 24.5 Å². The Balaban J connectivity index is 1.47. The first-order valence-corrected chi connectivity index (χ1v) is 14.2. The minimum Gasteiger partial charge on any atom is -0.319 e. The molecular formula is C39H21N5. The molecule has 0 aliphatic heterocycles. The van der Waals surface area contributed by atoms with Gasteiger partial charge in [0.25, 0.3) is 0 Å². The highest BCUT2D eigenvalue weighted by molar-refractivity contribution is 6.16. The number of hydrogen-bond acceptors (Lipinski definition) is 1. The molecule has 0 N–H and O–H groups in total. The Morgan fingerprint density at radius 2 is 1.30 bits per heavy atom. The fourth-order valence-electron chi connectivity index (χ4n) is 6.49. The van der Waals surface area contributed by atoms with Gasteiger partial charge in [0.05, 0.1) is 52.5 Å². The molecule has 5 nitrogen and oxygen atoms in total. The third-order valence-corrected chi connectivity index (χ3v) is 8.36. The van der Waals surface area contributed by atoms with E-state index in [1.54, 1.807) is 0 Å². The lowest BCUT2D eigenvalue weighted by atomic mass is 9.99. The van der Waals surface area contributed by atoms with E-state index in [2.05, 4.69) is 79.5 Å². The first-order chi connectivity index (χ1) is 21.7. The van der Waals surface area contributed by atoms with E-state index in [0.29, 0.717) is 16.9 Å². The van der Waals surface area contributed by atoms with Crippen LogP contribution in [0.3, 0.4) is 0 Å². The van der Waals surface area contributed by atoms with E-state index in [-0.39, 0.29) is 0 Å². The molecule has 8 aromatic rings. The number of nitrogens with zero attached hydrogens (tertiary/aromatic N) is 5. The summed E-state index contributed by atoms with van der Waals surface area (Å²) in [5.41, 5.74) is 9.63. The monoisotopic (exact) mass is 559 g/mol. The van der Waals surface area contributed by atoms with Crippen LogP contribution in [0.1, 0.15) is 5.56 Å². The van der Waals surface area contributed by atoms with Crippen molar-refractivity contribution in [2.24, 2.45) is 0 Å². The number of benzene rings is 6. The average molecular weight is 560 g/mol. The molecule has 5 heteroatoms. The average Bonchev–Trinajstić information content (AvgIpc) is 3.60. The minimum absolute atomic E-state index is 0.568. The van der Waals surface area contributed by atoms with E-state index in [1.807, 2.05) is 72.8 Å². The Labute approximate surface area is 253 Å². The molecule has 0 bridgehead atoms. The largest absolute Gasteiger partial charge is 0.319 e. The van der Waals surface area contributed by atoms with Crippen LogP contribution in [0.5, 0.6) is 0 Å². The Bertz CT molecular complexity index is 2600. The summed E-state index contributed by atoms with van der Waals surface area (Å²) >= 11 is 0. The van der Waals surface area contributed by atoms with Crippen LogP contribution in [-0.2, 0) is 0 Å². The lowest BCUT2D eigenvalue weighted by Gasteiger charge is -2.13. The number of nitriles is 1. The highest BCUT2D eigenvalue weighted by Crippen LogP contribution is 2.42. The van der Waals surface area contributed by atoms with Crippen molar-refractivity contribution in [1.29, 1.82) is 5.26 Å². The van der Waals surface area contributed by atoms with Gasteiger partial charge < -0.3 is 9.13 Å². The van der Waals surface area contributed by atoms with E-state index < -0.39 is 0 Å². The third kappa shape index (κ3) is 3.63. The number of para-hydroxylation sites is 4. The van der Waals surface area contributed by atoms with E-state index in [4.69, 9.17) is 13.1 Å². The first-order valence-electron chi connectivity index (χ1n) is 14.2. The molecule has 8 rings (SSSR count). The number of rotatable bonds is 3. The van der Waals surface area contributed by atoms with Crippen LogP contribution in [0.2, 0.25) is 0 Å². The van der Waals surface area contributed by atoms with Crippen molar-refractivity contribution in [3.8, 4) is 28.6 Å². The van der Waals surface area contributed by atoms with Crippen molar-refractivity contribution >= 4 is 55.0 Å². The van der Waals surface area contributed by atoms with E-state index in [9.17, 15) is 5.26 Å². The van der Waals surface area contributed by atoms with E-state index in [1.165, 1.54) is 0 Å². The van der Waals surface area contributed by atoms with Crippen LogP contribution < -0.4 is 0 Å². The maximum absolute atomic E-state index is 9.66. The molecular weight excluding hydrogens is 538 g/mol. The fraction of sp³-hybridized carbons (Fsp3) is 0. The lowest BCUT2D eigenvalue weighted by Crippen LogP contribution is -1.96. The highest BCUT2D eigenvalue weighted by atomic mass is 15.0. The quantitative estimate of drug-likeness (QED) is 0.199. The summed E-state index contributed by atoms with van der Waals surface area (Å²) in [7, 11) is 0. The molecule has 0 aliphatic carbocycles. The number of hydrogen-bond donors (Lipinski definition) is 0. The van der Waals surface area contributed by atoms with Crippen molar-refractivity contribution in [3.63, 3.8) is 0 Å². The molecule has 0 spiro atoms. The standard InChI is InChI=1S/C39H21N5/c1-41-27-18-20-37-33(23-27)32-22-26(17-19-36(32)44(37)38-16-6-4-14-34(38)42-2)29-12-8-13-31-30-11-3-5-15-35(30)43(39(29)31)28-10-7-9-25(21-28)24-40/h3-23H. The van der Waals surface area contributed by atoms with Gasteiger partial charge in [-0.2, -0.15) is 5.26 Å². The second kappa shape index (κ2) is 9.74. The maximum atomic E-state index is 9.66. The summed E-state index contributed by atoms with van der Waals surface area (Å²) < 4.78 is 4.37. The molecule has 0 fully saturated rings. The Morgan fingerprint density at radius 3 is 2.14 bits per heavy atom. The van der Waals surface area contributed by atoms with Gasteiger partial charge in [0.1, 0.15) is 0 Å². The number of aromatic nitrogens is 2. The molecule has 6 aromatic carbocycles. The predicted molar refractivity (Wildman–Crippen MR) is 178 cm³/mol. The summed E-state index contributed by atoms with van der Waals surface area (Å²) in [5, 5.41) is 13.9. The summed E-state index contributed by atoms with van der Waals surface area (Å²) in [6.07, 6.45) is 0. The second-order valence-electron chi connectivity index (χ2n) is 10.7. The van der Waals surface area contributed by atoms with Crippen LogP contribution in [-0.4, -0.2) is 9.13 Å². The van der Waals surface area contributed by atoms with Crippen molar-refractivity contribution < 1.29 is 0 Å². The molecule has 44 heavy (non-hydrogen) atoms. The van der Waals surface area contributed by atoms with Crippen molar-refractivity contribution in [2.45, 2.75) is 0 Å². The number of fused-ring (bicyclic) bond motifs is 6. The summed E-state index contributed by atoms with van der Waals surface area (Å²) in [5.74, 6) is 0. The normalized spacial score (nSPS) is 11.1. The minimum atomic E-state index is 0.568. The van der Waals surface area contributed by atoms with Gasteiger partial charge in [0.15, 0.2) is 5.69 Å². The SMILES string of the molecule is [C-]#[N+]c1ccc2c(c1)c1cc(-c3cccc4c5ccccc5n(-c5cccc(C#N)c5)c34)ccc1n2-c1ccccc1[N+]#[C-]. The Morgan fingerprint density at radius 1 is 0.568 bits per heavy atom. The van der Waals surface area contributed by atoms with Gasteiger partial charge in [0, 0.05) is 27.4 Å². The van der Waals surface area contributed by atoms with Gasteiger partial charge in [-0.15, -0.1) is 0 Å². The van der Waals surface area contributed by atoms with Crippen molar-refractivity contribution in [1.82, 2.24) is 9.13 Å². The van der Waals surface area contributed by atoms with Crippen molar-refractivity contribution in [2.75, 3.05) is 0 Å². The second-order valence-corrected chi connectivity index (χ2v) is 10.7. The molecule has 0 atom stereocenters. The first kappa shape index (κ1) is 25.1. The smallest absolute Gasteiger partial charge is 0.210 e. The van der Waals surface area contributed by atoms with Crippen molar-refractivity contribution in [3.05, 3.63) is 156 Å². The van der Waals surface area contributed by atoms with Gasteiger partial charge >= 0.3 is 0 Å². The molecule has 0 radical (unpaired) electrons. The third-order valence-electron chi connectivity index (χ3n) is 8.36. The molecule has 202 valence electrons. The summed E-state index contributed by atoms with van der Waals surface area (Å²) in [6.45, 7) is 15.5. The summed E-state index contributed by atoms with van der Waals surface area (Å²) in [4.78, 5) is 7.52. The predicted octanol–water partition coefficient (Wildman–Crippen LogP) is 10.5. The zero-order valence-corrected chi connectivity index (χ0v) is 23.4. The van der Waals surface area contributed by atoms with E-state index >= 15 is 0 Å². The maximum Gasteiger partial charge on any atom is 0.210 e. The van der Waals surface area contributed by atoms with Gasteiger partial charge in [-0.25, -0.2) is 9.69 Å². The molecule has 0 aliphatic rings. The molecule has 0 amide bonds. The topological polar surface area (TPSA) is 42.4 Å². The molecule has 0 unspecified atom stereocenters. The molecule has 2 aromatic heterocycles. The molecule has 0 saturated carbocycles. The van der Waals surface area contributed by atoms with Gasteiger partial charge in [-0.1, -0.05) is 72.8 Å². The van der Waals surface area contributed by atoms with Crippen LogP contribution in [0.4, 0.5) is 11.4 Å². The Kier molecular flexibility index (Phi) is 5.56. The molecule has 0 saturated heterocycles. The Hall–Kier alpha value is -6.61. The fourth-order valence-corrected chi connectivity index (χ4v) is 6.49. The molecule has 2 heterocycles. The highest BCUT2D eigenvalue weighted by Gasteiger charge is 2.19. The van der Waals surface area contributed by atoms with E-state index in [0.717, 1.165) is 66.1 Å². The van der Waals surface area contributed by atoms with Crippen LogP contribution in [0.15, 0.2) is 127 Å². The lowest BCUT2D eigenvalue weighted by molar-refractivity contribution is 1.18. The van der Waals surface area contributed by atoms with Gasteiger partial charge in [-0.05, 0) is 65.5 Å². The zero-order chi connectivity index (χ0) is 29.8. The summed E-state index contributed by atoms with van der Waals surface area (Å²) in [6, 6.07) is 44.6. The zero-order valence-electron chi connectivity index (χ0n) is 23.4. The van der Waals surface area contributed by atoms with Gasteiger partial charge in [-0.3, -0.25) is 0 Å².